The zero-order valence-electron chi connectivity index (χ0n) is 10.7. The first-order chi connectivity index (χ1) is 8.88. The van der Waals surface area contributed by atoms with Crippen LogP contribution in [0, 0.1) is 6.92 Å². The van der Waals surface area contributed by atoms with Crippen LogP contribution in [-0.2, 0) is 23.6 Å². The van der Waals surface area contributed by atoms with E-state index in [2.05, 4.69) is 14.8 Å². The minimum atomic E-state index is -3.59. The predicted octanol–water partition coefficient (Wildman–Crippen LogP) is 0.184. The largest absolute Gasteiger partial charge is 0.384 e. The number of rotatable bonds is 4. The maximum Gasteiger partial charge on any atom is 0.242 e. The molecule has 0 bridgehead atoms. The van der Waals surface area contributed by atoms with Crippen LogP contribution >= 0.6 is 0 Å². The van der Waals surface area contributed by atoms with Crippen molar-refractivity contribution in [2.45, 2.75) is 18.4 Å². The van der Waals surface area contributed by atoms with Gasteiger partial charge in [-0.3, -0.25) is 4.68 Å². The molecule has 0 saturated heterocycles. The molecule has 2 heterocycles. The van der Waals surface area contributed by atoms with Gasteiger partial charge in [-0.1, -0.05) is 0 Å². The zero-order valence-corrected chi connectivity index (χ0v) is 11.5. The van der Waals surface area contributed by atoms with Gasteiger partial charge in [-0.05, 0) is 19.1 Å². The van der Waals surface area contributed by atoms with Crippen molar-refractivity contribution in [1.29, 1.82) is 0 Å². The van der Waals surface area contributed by atoms with Crippen LogP contribution in [0.5, 0.6) is 0 Å². The molecular weight excluding hydrogens is 266 g/mol. The number of aromatic nitrogens is 3. The Kier molecular flexibility index (Phi) is 3.54. The van der Waals surface area contributed by atoms with E-state index in [0.717, 1.165) is 11.3 Å². The maximum atomic E-state index is 12.0. The number of hydrogen-bond donors (Lipinski definition) is 2. The first-order valence-corrected chi connectivity index (χ1v) is 7.07. The van der Waals surface area contributed by atoms with Crippen molar-refractivity contribution in [1.82, 2.24) is 19.5 Å². The molecule has 0 aromatic carbocycles. The smallest absolute Gasteiger partial charge is 0.242 e. The lowest BCUT2D eigenvalue weighted by atomic mass is 10.3. The van der Waals surface area contributed by atoms with Crippen molar-refractivity contribution in [3.8, 4) is 0 Å². The Balaban J connectivity index is 2.14. The Bertz CT molecular complexity index is 676. The molecule has 2 rings (SSSR count). The third-order valence-electron chi connectivity index (χ3n) is 2.64. The van der Waals surface area contributed by atoms with Gasteiger partial charge in [0.05, 0.1) is 5.69 Å². The minimum absolute atomic E-state index is 0.0863. The highest BCUT2D eigenvalue weighted by atomic mass is 32.2. The third-order valence-corrected chi connectivity index (χ3v) is 4.02. The molecule has 19 heavy (non-hydrogen) atoms. The Labute approximate surface area is 111 Å². The van der Waals surface area contributed by atoms with Crippen LogP contribution in [0.25, 0.3) is 0 Å². The molecule has 0 amide bonds. The van der Waals surface area contributed by atoms with Crippen LogP contribution in [0.1, 0.15) is 11.3 Å². The molecule has 2 aromatic heterocycles. The van der Waals surface area contributed by atoms with Gasteiger partial charge < -0.3 is 5.73 Å². The highest BCUT2D eigenvalue weighted by molar-refractivity contribution is 7.89. The maximum absolute atomic E-state index is 12.0. The van der Waals surface area contributed by atoms with Gasteiger partial charge in [-0.15, -0.1) is 0 Å². The Hall–Kier alpha value is -1.93. The summed E-state index contributed by atoms with van der Waals surface area (Å²) in [5, 5.41) is 4.15. The predicted molar refractivity (Wildman–Crippen MR) is 70.6 cm³/mol. The van der Waals surface area contributed by atoms with Crippen molar-refractivity contribution < 1.29 is 8.42 Å². The molecule has 0 aliphatic carbocycles. The van der Waals surface area contributed by atoms with Crippen LogP contribution in [0.3, 0.4) is 0 Å². The summed E-state index contributed by atoms with van der Waals surface area (Å²) in [5.74, 6) is 0.280. The van der Waals surface area contributed by atoms with Gasteiger partial charge >= 0.3 is 0 Å². The molecule has 0 aliphatic rings. The highest BCUT2D eigenvalue weighted by Crippen LogP contribution is 2.10. The van der Waals surface area contributed by atoms with E-state index in [1.807, 2.05) is 6.92 Å². The fraction of sp³-hybridized carbons (Fsp3) is 0.273. The molecule has 7 nitrogen and oxygen atoms in total. The quantitative estimate of drug-likeness (QED) is 0.832. The molecule has 3 N–H and O–H groups in total. The molecule has 0 radical (unpaired) electrons. The minimum Gasteiger partial charge on any atom is -0.384 e. The van der Waals surface area contributed by atoms with Gasteiger partial charge in [0.1, 0.15) is 10.7 Å². The average Bonchev–Trinajstić information content (AvgIpc) is 2.66. The first kappa shape index (κ1) is 13.5. The monoisotopic (exact) mass is 281 g/mol. The lowest BCUT2D eigenvalue weighted by Gasteiger charge is -2.05. The van der Waals surface area contributed by atoms with E-state index in [1.165, 1.54) is 18.3 Å². The topological polar surface area (TPSA) is 103 Å². The summed E-state index contributed by atoms with van der Waals surface area (Å²) in [6.45, 7) is 2.01. The molecule has 0 fully saturated rings. The van der Waals surface area contributed by atoms with Crippen molar-refractivity contribution in [2.75, 3.05) is 5.73 Å². The van der Waals surface area contributed by atoms with Crippen LogP contribution < -0.4 is 10.5 Å². The fourth-order valence-corrected chi connectivity index (χ4v) is 2.58. The number of nitrogens with one attached hydrogen (secondary N) is 1. The molecular formula is C11H15N5O2S. The highest BCUT2D eigenvalue weighted by Gasteiger charge is 2.15. The summed E-state index contributed by atoms with van der Waals surface area (Å²) >= 11 is 0. The molecule has 8 heteroatoms. The number of anilines is 1. The summed E-state index contributed by atoms with van der Waals surface area (Å²) in [6.07, 6.45) is 3.01. The Morgan fingerprint density at radius 2 is 2.16 bits per heavy atom. The molecule has 0 aliphatic heterocycles. The zero-order chi connectivity index (χ0) is 14.0. The van der Waals surface area contributed by atoms with E-state index in [9.17, 15) is 8.42 Å². The average molecular weight is 281 g/mol. The third kappa shape index (κ3) is 3.09. The molecule has 0 atom stereocenters. The number of hydrogen-bond acceptors (Lipinski definition) is 5. The lowest BCUT2D eigenvalue weighted by Crippen LogP contribution is -2.23. The molecule has 2 aromatic rings. The summed E-state index contributed by atoms with van der Waals surface area (Å²) < 4.78 is 28.2. The summed E-state index contributed by atoms with van der Waals surface area (Å²) in [4.78, 5) is 3.85. The second-order valence-corrected chi connectivity index (χ2v) is 5.92. The number of nitrogens with zero attached hydrogens (tertiary/aromatic N) is 3. The summed E-state index contributed by atoms with van der Waals surface area (Å²) in [7, 11) is -1.80. The standard InChI is InChI=1S/C11H15N5O2S/c1-8-9(7-16(2)15-8)5-14-19(17,18)10-3-4-11(12)13-6-10/h3-4,6-7,14H,5H2,1-2H3,(H2,12,13). The van der Waals surface area contributed by atoms with Crippen LogP contribution in [0.15, 0.2) is 29.4 Å². The summed E-state index contributed by atoms with van der Waals surface area (Å²) in [6, 6.07) is 2.87. The normalized spacial score (nSPS) is 11.7. The van der Waals surface area contributed by atoms with E-state index in [4.69, 9.17) is 5.73 Å². The van der Waals surface area contributed by atoms with Gasteiger partial charge in [0.25, 0.3) is 0 Å². The number of pyridine rings is 1. The Morgan fingerprint density at radius 3 is 2.68 bits per heavy atom. The van der Waals surface area contributed by atoms with E-state index >= 15 is 0 Å². The molecule has 0 unspecified atom stereocenters. The van der Waals surface area contributed by atoms with Crippen LogP contribution in [0.4, 0.5) is 5.82 Å². The van der Waals surface area contributed by atoms with Crippen molar-refractivity contribution in [3.63, 3.8) is 0 Å². The van der Waals surface area contributed by atoms with Gasteiger partial charge in [0.2, 0.25) is 10.0 Å². The van der Waals surface area contributed by atoms with Crippen LogP contribution in [0.2, 0.25) is 0 Å². The van der Waals surface area contributed by atoms with Crippen molar-refractivity contribution in [3.05, 3.63) is 35.8 Å². The Morgan fingerprint density at radius 1 is 1.42 bits per heavy atom. The van der Waals surface area contributed by atoms with Gasteiger partial charge in [-0.25, -0.2) is 18.1 Å². The van der Waals surface area contributed by atoms with Gasteiger partial charge in [0.15, 0.2) is 0 Å². The SMILES string of the molecule is Cc1nn(C)cc1CNS(=O)(=O)c1ccc(N)nc1. The number of nitrogen functional groups attached to an aromatic ring is 1. The number of sulfonamides is 1. The van der Waals surface area contributed by atoms with Crippen LogP contribution in [-0.4, -0.2) is 23.2 Å². The second-order valence-electron chi connectivity index (χ2n) is 4.16. The summed E-state index contributed by atoms with van der Waals surface area (Å²) in [5.41, 5.74) is 7.04. The fourth-order valence-electron chi connectivity index (χ4n) is 1.63. The van der Waals surface area contributed by atoms with E-state index in [0.29, 0.717) is 0 Å². The molecule has 102 valence electrons. The van der Waals surface area contributed by atoms with E-state index in [-0.39, 0.29) is 17.3 Å². The van der Waals surface area contributed by atoms with E-state index < -0.39 is 10.0 Å². The molecule has 0 saturated carbocycles. The second kappa shape index (κ2) is 4.98. The van der Waals surface area contributed by atoms with Gasteiger partial charge in [0, 0.05) is 31.5 Å². The van der Waals surface area contributed by atoms with E-state index in [1.54, 1.807) is 17.9 Å². The van der Waals surface area contributed by atoms with Gasteiger partial charge in [-0.2, -0.15) is 5.10 Å². The van der Waals surface area contributed by atoms with Crippen molar-refractivity contribution in [2.24, 2.45) is 7.05 Å². The first-order valence-electron chi connectivity index (χ1n) is 5.59. The lowest BCUT2D eigenvalue weighted by molar-refractivity contribution is 0.581. The number of aryl methyl sites for hydroxylation is 2. The molecule has 0 spiro atoms. The van der Waals surface area contributed by atoms with Crippen molar-refractivity contribution >= 4 is 15.8 Å². The number of nitrogens with two attached hydrogens (primary N) is 1.